The van der Waals surface area contributed by atoms with Gasteiger partial charge in [-0.2, -0.15) is 5.10 Å². The van der Waals surface area contributed by atoms with Gasteiger partial charge in [0.15, 0.2) is 0 Å². The van der Waals surface area contributed by atoms with Crippen molar-refractivity contribution in [3.05, 3.63) is 51.0 Å². The normalized spacial score (nSPS) is 10.9. The Morgan fingerprint density at radius 2 is 2.06 bits per heavy atom. The fourth-order valence-corrected chi connectivity index (χ4v) is 2.62. The van der Waals surface area contributed by atoms with Gasteiger partial charge in [0.1, 0.15) is 5.82 Å². The Morgan fingerprint density at radius 1 is 1.33 bits per heavy atom. The van der Waals surface area contributed by atoms with Crippen molar-refractivity contribution in [1.29, 1.82) is 0 Å². The molecule has 0 aliphatic heterocycles. The molecule has 0 radical (unpaired) electrons. The van der Waals surface area contributed by atoms with Crippen LogP contribution < -0.4 is 0 Å². The van der Waals surface area contributed by atoms with E-state index in [1.165, 1.54) is 11.6 Å². The Balaban J connectivity index is 2.37. The molecule has 2 nitrogen and oxygen atoms in total. The molecule has 0 aliphatic rings. The second kappa shape index (κ2) is 5.22. The van der Waals surface area contributed by atoms with Gasteiger partial charge >= 0.3 is 0 Å². The van der Waals surface area contributed by atoms with Crippen LogP contribution in [0.15, 0.2) is 22.7 Å². The lowest BCUT2D eigenvalue weighted by molar-refractivity contribution is 0.607. The molecular weight excluding hydrogens is 295 g/mol. The first-order chi connectivity index (χ1) is 8.54. The Bertz CT molecular complexity index is 575. The minimum absolute atomic E-state index is 0.232. The summed E-state index contributed by atoms with van der Waals surface area (Å²) < 4.78 is 15.9. The quantitative estimate of drug-likeness (QED) is 0.837. The van der Waals surface area contributed by atoms with Crippen molar-refractivity contribution in [3.8, 4) is 0 Å². The number of benzene rings is 1. The lowest BCUT2D eigenvalue weighted by atomic mass is 10.1. The lowest BCUT2D eigenvalue weighted by Crippen LogP contribution is -2.05. The van der Waals surface area contributed by atoms with Gasteiger partial charge in [-0.05, 0) is 53.4 Å². The lowest BCUT2D eigenvalue weighted by Gasteiger charge is -2.08. The molecule has 1 heterocycles. The van der Waals surface area contributed by atoms with Crippen LogP contribution in [0.3, 0.4) is 0 Å². The van der Waals surface area contributed by atoms with Crippen molar-refractivity contribution in [2.45, 2.75) is 33.7 Å². The monoisotopic (exact) mass is 310 g/mol. The van der Waals surface area contributed by atoms with E-state index in [1.54, 1.807) is 6.07 Å². The van der Waals surface area contributed by atoms with E-state index in [0.29, 0.717) is 11.0 Å². The van der Waals surface area contributed by atoms with Crippen molar-refractivity contribution >= 4 is 15.9 Å². The third-order valence-corrected chi connectivity index (χ3v) is 4.12. The van der Waals surface area contributed by atoms with E-state index in [9.17, 15) is 4.39 Å². The van der Waals surface area contributed by atoms with Crippen LogP contribution >= 0.6 is 15.9 Å². The van der Waals surface area contributed by atoms with Crippen LogP contribution in [-0.2, 0) is 13.0 Å². The Labute approximate surface area is 115 Å². The van der Waals surface area contributed by atoms with Crippen LogP contribution in [0.4, 0.5) is 4.39 Å². The van der Waals surface area contributed by atoms with Crippen LogP contribution in [0.1, 0.15) is 29.4 Å². The van der Waals surface area contributed by atoms with Crippen molar-refractivity contribution in [3.63, 3.8) is 0 Å². The van der Waals surface area contributed by atoms with Gasteiger partial charge in [-0.25, -0.2) is 4.39 Å². The maximum atomic E-state index is 13.5. The van der Waals surface area contributed by atoms with E-state index in [-0.39, 0.29) is 5.82 Å². The first-order valence-electron chi connectivity index (χ1n) is 6.00. The molecule has 0 saturated carbocycles. The van der Waals surface area contributed by atoms with Gasteiger partial charge in [-0.1, -0.05) is 19.1 Å². The van der Waals surface area contributed by atoms with Crippen LogP contribution in [-0.4, -0.2) is 9.78 Å². The number of hydrogen-bond donors (Lipinski definition) is 0. The third kappa shape index (κ3) is 2.34. The van der Waals surface area contributed by atoms with Crippen LogP contribution in [0, 0.1) is 19.7 Å². The van der Waals surface area contributed by atoms with Gasteiger partial charge in [0.05, 0.1) is 16.7 Å². The van der Waals surface area contributed by atoms with Crippen molar-refractivity contribution in [1.82, 2.24) is 9.78 Å². The molecule has 0 aliphatic carbocycles. The number of rotatable bonds is 3. The predicted octanol–water partition coefficient (Wildman–Crippen LogP) is 4.01. The summed E-state index contributed by atoms with van der Waals surface area (Å²) in [5.41, 5.74) is 4.40. The molecule has 0 atom stereocenters. The maximum absolute atomic E-state index is 13.5. The van der Waals surface area contributed by atoms with Gasteiger partial charge in [-0.3, -0.25) is 4.68 Å². The second-order valence-electron chi connectivity index (χ2n) is 4.37. The first kappa shape index (κ1) is 13.3. The predicted molar refractivity (Wildman–Crippen MR) is 74.3 cm³/mol. The topological polar surface area (TPSA) is 17.8 Å². The number of halogens is 2. The van der Waals surface area contributed by atoms with E-state index in [2.05, 4.69) is 34.9 Å². The molecule has 0 spiro atoms. The molecule has 0 N–H and O–H groups in total. The summed E-state index contributed by atoms with van der Waals surface area (Å²) in [4.78, 5) is 0. The molecule has 1 aromatic carbocycles. The second-order valence-corrected chi connectivity index (χ2v) is 5.17. The molecule has 0 amide bonds. The zero-order chi connectivity index (χ0) is 13.3. The summed E-state index contributed by atoms with van der Waals surface area (Å²) in [7, 11) is 0. The minimum atomic E-state index is -0.232. The highest BCUT2D eigenvalue weighted by Crippen LogP contribution is 2.22. The van der Waals surface area contributed by atoms with E-state index in [1.807, 2.05) is 17.7 Å². The number of aromatic nitrogens is 2. The van der Waals surface area contributed by atoms with E-state index in [0.717, 1.165) is 23.4 Å². The summed E-state index contributed by atoms with van der Waals surface area (Å²) in [6.07, 6.45) is 0.974. The highest BCUT2D eigenvalue weighted by molar-refractivity contribution is 9.10. The molecule has 0 unspecified atom stereocenters. The van der Waals surface area contributed by atoms with E-state index in [4.69, 9.17) is 0 Å². The SMILES string of the molecule is CCc1c(C)nn(Cc2cccc(F)c2Br)c1C. The van der Waals surface area contributed by atoms with Gasteiger partial charge in [0.2, 0.25) is 0 Å². The smallest absolute Gasteiger partial charge is 0.137 e. The molecule has 0 bridgehead atoms. The van der Waals surface area contributed by atoms with Gasteiger partial charge in [0, 0.05) is 5.69 Å². The molecule has 0 fully saturated rings. The Hall–Kier alpha value is -1.16. The number of hydrogen-bond acceptors (Lipinski definition) is 1. The molecule has 4 heteroatoms. The fourth-order valence-electron chi connectivity index (χ4n) is 2.23. The van der Waals surface area contributed by atoms with Crippen molar-refractivity contribution < 1.29 is 4.39 Å². The van der Waals surface area contributed by atoms with Gasteiger partial charge in [0.25, 0.3) is 0 Å². The standard InChI is InChI=1S/C14H16BrFN2/c1-4-12-9(2)17-18(10(12)3)8-11-6-5-7-13(16)14(11)15/h5-7H,4,8H2,1-3H3. The number of aryl methyl sites for hydroxylation is 1. The molecule has 0 saturated heterocycles. The number of nitrogens with zero attached hydrogens (tertiary/aromatic N) is 2. The minimum Gasteiger partial charge on any atom is -0.265 e. The molecular formula is C14H16BrFN2. The average molecular weight is 311 g/mol. The summed E-state index contributed by atoms with van der Waals surface area (Å²) in [6, 6.07) is 5.09. The summed E-state index contributed by atoms with van der Waals surface area (Å²) in [5, 5.41) is 4.52. The fraction of sp³-hybridized carbons (Fsp3) is 0.357. The summed E-state index contributed by atoms with van der Waals surface area (Å²) in [5.74, 6) is -0.232. The summed E-state index contributed by atoms with van der Waals surface area (Å²) >= 11 is 3.29. The maximum Gasteiger partial charge on any atom is 0.137 e. The third-order valence-electron chi connectivity index (χ3n) is 3.24. The Kier molecular flexibility index (Phi) is 3.85. The van der Waals surface area contributed by atoms with Crippen molar-refractivity contribution in [2.75, 3.05) is 0 Å². The molecule has 18 heavy (non-hydrogen) atoms. The molecule has 2 aromatic rings. The molecule has 1 aromatic heterocycles. The first-order valence-corrected chi connectivity index (χ1v) is 6.79. The van der Waals surface area contributed by atoms with Crippen LogP contribution in [0.25, 0.3) is 0 Å². The Morgan fingerprint density at radius 3 is 2.67 bits per heavy atom. The van der Waals surface area contributed by atoms with Gasteiger partial charge in [-0.15, -0.1) is 0 Å². The van der Waals surface area contributed by atoms with Crippen LogP contribution in [0.2, 0.25) is 0 Å². The highest BCUT2D eigenvalue weighted by atomic mass is 79.9. The average Bonchev–Trinajstić information content (AvgIpc) is 2.60. The van der Waals surface area contributed by atoms with Gasteiger partial charge < -0.3 is 0 Å². The van der Waals surface area contributed by atoms with E-state index < -0.39 is 0 Å². The van der Waals surface area contributed by atoms with E-state index >= 15 is 0 Å². The molecule has 96 valence electrons. The van der Waals surface area contributed by atoms with Crippen molar-refractivity contribution in [2.24, 2.45) is 0 Å². The zero-order valence-electron chi connectivity index (χ0n) is 10.8. The largest absolute Gasteiger partial charge is 0.265 e. The summed E-state index contributed by atoms with van der Waals surface area (Å²) in [6.45, 7) is 6.79. The zero-order valence-corrected chi connectivity index (χ0v) is 12.4. The van der Waals surface area contributed by atoms with Crippen LogP contribution in [0.5, 0.6) is 0 Å². The highest BCUT2D eigenvalue weighted by Gasteiger charge is 2.12. The molecule has 2 rings (SSSR count).